The van der Waals surface area contributed by atoms with Crippen molar-refractivity contribution in [2.24, 2.45) is 185 Å². The third-order valence-electron chi connectivity index (χ3n) is 41.2. The first-order valence-corrected chi connectivity index (χ1v) is 47.9. The molecule has 0 aromatic rings. The number of esters is 3. The molecule has 0 bridgehead atoms. The van der Waals surface area contributed by atoms with E-state index in [2.05, 4.69) is 69.2 Å². The number of fused-ring (bicyclic) bond motifs is 20. The fourth-order valence-corrected chi connectivity index (χ4v) is 34.5. The molecule has 16 rings (SSSR count). The number of rotatable bonds is 16. The van der Waals surface area contributed by atoms with E-state index in [9.17, 15) is 56.5 Å². The van der Waals surface area contributed by atoms with Gasteiger partial charge in [0.1, 0.15) is 11.6 Å². The summed E-state index contributed by atoms with van der Waals surface area (Å²) < 4.78 is 133. The summed E-state index contributed by atoms with van der Waals surface area (Å²) in [5, 5.41) is 30.6. The number of Topliss-reactive ketones (excluding diaryl/α,β-unsaturated/α-hetero) is 2. The van der Waals surface area contributed by atoms with Crippen LogP contribution in [0.1, 0.15) is 340 Å². The first-order chi connectivity index (χ1) is 55.5. The highest BCUT2D eigenvalue weighted by atomic mass is 19.3. The number of carbonyl (C=O) groups is 6. The number of ether oxygens (including phenoxy) is 3. The van der Waals surface area contributed by atoms with Gasteiger partial charge in [0.25, 0.3) is 11.8 Å². The summed E-state index contributed by atoms with van der Waals surface area (Å²) >= 11 is 0. The molecule has 16 fully saturated rings. The largest absolute Gasteiger partial charge is 0.481 e. The fourth-order valence-electron chi connectivity index (χ4n) is 34.5. The van der Waals surface area contributed by atoms with Gasteiger partial charge in [-0.05, 0) is 341 Å². The van der Waals surface area contributed by atoms with Crippen LogP contribution in [0.3, 0.4) is 0 Å². The molecular formula is C99H154F8O12. The Morgan fingerprint density at radius 1 is 0.378 bits per heavy atom. The Hall–Kier alpha value is -3.42. The minimum atomic E-state index is -2.90. The second kappa shape index (κ2) is 34.3. The maximum absolute atomic E-state index is 15.7. The number of carboxylic acids is 1. The SMILES string of the molecule is COC(=O)CC[C@@H](C)C1CC[C@H]2[C@@H]3C(=O)C[C@@H]4CC(=O)CC[C@]4(C)[C@H]3CC[C@]12C.COC(=O)CC[C@@H](C)C1CC[C@H]2[C@@H]3[C@H](O)C[C@@H]4C[C@H](O)CC[C@]4(C)[C@H]3CC[C@]12C.COC(=O)CC[C@@H](C)C1CC[C@H]2[C@H]3[C@H](CC[C@]12C)[C@@]1(C)CCC(F)(F)C[C@H]1CC3(F)F.C[C@H](CCC(=O)O)C1CC[C@H]2[C@H]3[C@H](CC[C@]12C)[C@@]1(C)CCC(F)(F)C[C@H]1CC3(F)F. The number of aliphatic hydroxyl groups excluding tert-OH is 2. The lowest BCUT2D eigenvalue weighted by atomic mass is 9.43. The molecule has 20 heteroatoms. The van der Waals surface area contributed by atoms with Crippen molar-refractivity contribution in [1.82, 2.24) is 0 Å². The van der Waals surface area contributed by atoms with Gasteiger partial charge in [-0.2, -0.15) is 0 Å². The lowest BCUT2D eigenvalue weighted by molar-refractivity contribution is -0.250. The summed E-state index contributed by atoms with van der Waals surface area (Å²) in [7, 11) is 4.33. The third kappa shape index (κ3) is 17.0. The maximum Gasteiger partial charge on any atom is 0.305 e. The molecule has 3 N–H and O–H groups in total. The zero-order valence-electron chi connectivity index (χ0n) is 75.3. The molecule has 678 valence electrons. The van der Waals surface area contributed by atoms with Crippen molar-refractivity contribution in [1.29, 1.82) is 0 Å². The predicted octanol–water partition coefficient (Wildman–Crippen LogP) is 23.7. The standard InChI is InChI=1S/C25H38F4O2.C25H42O4.C25H38O4.C24H36F4O2/c1-15(5-8-20(30)31-4)17-6-7-18-21-19(9-10-23(17,18)3)22(2)11-12-24(26,27)13-16(22)14-25(21,28)29;2*1-15(5-8-22(28)29-4)18-6-7-19-23-20(10-12-25(18,19)3)24(2)11-9-17(26)13-16(24)14-21(23)27;1-14(4-7-19(29)30)16-5-6-17-20-18(8-9-22(16,17)3)21(2)10-11-23(25,26)12-15(21)13-24(20,27)28/h15-19,21H,5-14H2,1-4H3;15-21,23,26-27H,5-14H2,1-4H3;15-16,18-20,23H,5-14H2,1-4H3;14-18,20H,4-13H2,1-3H3,(H,29,30)/t15-,16+,17?,18+,19+,21+,22+,23-;15-,16+,17-,18?,19+,20+,21-,23+,24+,25-;15-,16+,18?,19+,20+,23+,24+,25-;14-,15+,16?,17+,18+,20+,21+,22-/m1111/s1. The van der Waals surface area contributed by atoms with Crippen LogP contribution in [0.5, 0.6) is 0 Å². The highest BCUT2D eigenvalue weighted by molar-refractivity contribution is 5.86. The van der Waals surface area contributed by atoms with E-state index >= 15 is 17.6 Å². The molecule has 4 unspecified atom stereocenters. The van der Waals surface area contributed by atoms with E-state index < -0.39 is 70.6 Å². The van der Waals surface area contributed by atoms with Crippen molar-refractivity contribution >= 4 is 35.4 Å². The second-order valence-corrected chi connectivity index (χ2v) is 46.1. The number of ketones is 2. The van der Waals surface area contributed by atoms with Crippen LogP contribution in [0.25, 0.3) is 0 Å². The number of hydrogen-bond acceptors (Lipinski definition) is 11. The van der Waals surface area contributed by atoms with Crippen LogP contribution >= 0.6 is 0 Å². The Labute approximate surface area is 707 Å². The van der Waals surface area contributed by atoms with Crippen molar-refractivity contribution in [2.45, 2.75) is 376 Å². The van der Waals surface area contributed by atoms with Gasteiger partial charge < -0.3 is 29.5 Å². The zero-order chi connectivity index (χ0) is 86.9. The molecule has 0 spiro atoms. The molecule has 12 nitrogen and oxygen atoms in total. The molecule has 16 saturated carbocycles. The second-order valence-electron chi connectivity index (χ2n) is 46.1. The number of carbonyl (C=O) groups excluding carboxylic acids is 5. The smallest absolute Gasteiger partial charge is 0.305 e. The van der Waals surface area contributed by atoms with E-state index in [0.717, 1.165) is 103 Å². The van der Waals surface area contributed by atoms with Gasteiger partial charge in [0.2, 0.25) is 11.8 Å². The van der Waals surface area contributed by atoms with E-state index in [0.29, 0.717) is 153 Å². The molecule has 0 saturated heterocycles. The topological polar surface area (TPSA) is 191 Å². The van der Waals surface area contributed by atoms with Crippen LogP contribution < -0.4 is 0 Å². The number of alkyl halides is 8. The van der Waals surface area contributed by atoms with Gasteiger partial charge >= 0.3 is 23.9 Å². The highest BCUT2D eigenvalue weighted by Gasteiger charge is 2.73. The zero-order valence-corrected chi connectivity index (χ0v) is 75.3. The maximum atomic E-state index is 15.7. The quantitative estimate of drug-likeness (QED) is 0.0754. The molecule has 119 heavy (non-hydrogen) atoms. The highest BCUT2D eigenvalue weighted by Crippen LogP contribution is 2.76. The minimum absolute atomic E-state index is 0.0629. The van der Waals surface area contributed by atoms with Crippen molar-refractivity contribution in [2.75, 3.05) is 21.3 Å². The van der Waals surface area contributed by atoms with Crippen LogP contribution in [0.2, 0.25) is 0 Å². The normalized spacial score (nSPS) is 47.3. The van der Waals surface area contributed by atoms with Crippen LogP contribution in [0.4, 0.5) is 35.1 Å². The fraction of sp³-hybridized carbons (Fsp3) is 0.939. The van der Waals surface area contributed by atoms with Crippen molar-refractivity contribution in [3.8, 4) is 0 Å². The van der Waals surface area contributed by atoms with E-state index in [1.807, 2.05) is 13.8 Å². The minimum Gasteiger partial charge on any atom is -0.481 e. The third-order valence-corrected chi connectivity index (χ3v) is 41.2. The summed E-state index contributed by atoms with van der Waals surface area (Å²) in [4.78, 5) is 71.3. The van der Waals surface area contributed by atoms with E-state index in [4.69, 9.17) is 19.3 Å². The van der Waals surface area contributed by atoms with Crippen molar-refractivity contribution in [3.63, 3.8) is 0 Å². The Morgan fingerprint density at radius 3 is 1.14 bits per heavy atom. The number of halogens is 8. The van der Waals surface area contributed by atoms with Crippen LogP contribution in [0.15, 0.2) is 0 Å². The summed E-state index contributed by atoms with van der Waals surface area (Å²) in [5.41, 5.74) is -0.227. The Balaban J connectivity index is 0.000000137. The van der Waals surface area contributed by atoms with Gasteiger partial charge in [0, 0.05) is 101 Å². The average molecular weight is 1690 g/mol. The molecule has 0 amide bonds. The van der Waals surface area contributed by atoms with E-state index in [-0.39, 0.29) is 149 Å². The Kier molecular flexibility index (Phi) is 26.9. The van der Waals surface area contributed by atoms with Crippen LogP contribution in [0, 0.1) is 185 Å². The Bertz CT molecular complexity index is 3650. The number of hydrogen-bond donors (Lipinski definition) is 3. The number of aliphatic carboxylic acids is 1. The summed E-state index contributed by atoms with van der Waals surface area (Å²) in [6, 6.07) is 0. The number of carboxylic acid groups (broad SMARTS) is 1. The predicted molar refractivity (Wildman–Crippen MR) is 441 cm³/mol. The van der Waals surface area contributed by atoms with Crippen LogP contribution in [-0.2, 0) is 43.0 Å². The monoisotopic (exact) mass is 1690 g/mol. The number of methoxy groups -OCH3 is 3. The van der Waals surface area contributed by atoms with E-state index in [1.54, 1.807) is 0 Å². The molecule has 0 heterocycles. The summed E-state index contributed by atoms with van der Waals surface area (Å²) in [6.07, 6.45) is 25.9. The lowest BCUT2D eigenvalue weighted by Gasteiger charge is -2.63. The molecule has 0 radical (unpaired) electrons. The molecule has 16 aliphatic rings. The molecule has 34 atom stereocenters. The molecular weight excluding hydrogens is 1530 g/mol. The van der Waals surface area contributed by atoms with Gasteiger partial charge in [-0.1, -0.05) is 83.1 Å². The molecule has 0 aliphatic heterocycles. The number of aliphatic hydroxyl groups is 2. The van der Waals surface area contributed by atoms with Crippen molar-refractivity contribution in [3.05, 3.63) is 0 Å². The Morgan fingerprint density at radius 2 is 0.714 bits per heavy atom. The van der Waals surface area contributed by atoms with Gasteiger partial charge in [-0.3, -0.25) is 28.8 Å². The molecule has 0 aromatic carbocycles. The lowest BCUT2D eigenvalue weighted by Crippen LogP contribution is -2.61. The van der Waals surface area contributed by atoms with Crippen LogP contribution in [-0.4, -0.2) is 108 Å². The average Bonchev–Trinajstić information content (AvgIpc) is 0.987. The summed E-state index contributed by atoms with van der Waals surface area (Å²) in [5.74, 6) is -8.13. The molecule has 0 aromatic heterocycles. The van der Waals surface area contributed by atoms with E-state index in [1.165, 1.54) is 59.9 Å². The molecule has 16 aliphatic carbocycles. The van der Waals surface area contributed by atoms with Gasteiger partial charge in [-0.15, -0.1) is 0 Å². The first-order valence-electron chi connectivity index (χ1n) is 47.9. The van der Waals surface area contributed by atoms with Gasteiger partial charge in [0.15, 0.2) is 0 Å². The summed E-state index contributed by atoms with van der Waals surface area (Å²) in [6.45, 7) is 27.0. The first kappa shape index (κ1) is 93.2. The van der Waals surface area contributed by atoms with Crippen molar-refractivity contribution < 1.29 is 93.4 Å². The van der Waals surface area contributed by atoms with Gasteiger partial charge in [0.05, 0.1) is 33.5 Å². The van der Waals surface area contributed by atoms with Gasteiger partial charge in [-0.25, -0.2) is 35.1 Å².